The summed E-state index contributed by atoms with van der Waals surface area (Å²) in [5, 5.41) is 1.23. The molecule has 3 heteroatoms. The Hall–Kier alpha value is -2.26. The molecule has 3 aromatic rings. The average Bonchev–Trinajstić information content (AvgIpc) is 2.93. The van der Waals surface area contributed by atoms with Crippen LogP contribution < -0.4 is 10.5 Å². The van der Waals surface area contributed by atoms with Crippen LogP contribution >= 0.6 is 0 Å². The molecule has 1 aromatic heterocycles. The fourth-order valence-electron chi connectivity index (χ4n) is 2.66. The lowest BCUT2D eigenvalue weighted by Crippen LogP contribution is -2.13. The maximum absolute atomic E-state index is 6.01. The van der Waals surface area contributed by atoms with Gasteiger partial charge < -0.3 is 15.5 Å². The molecule has 3 nitrogen and oxygen atoms in total. The summed E-state index contributed by atoms with van der Waals surface area (Å²) < 4.78 is 5.21. The van der Waals surface area contributed by atoms with Crippen LogP contribution in [0.3, 0.4) is 0 Å². The van der Waals surface area contributed by atoms with Gasteiger partial charge in [-0.2, -0.15) is 0 Å². The van der Waals surface area contributed by atoms with E-state index in [9.17, 15) is 0 Å². The normalized spacial score (nSPS) is 12.5. The zero-order valence-electron chi connectivity index (χ0n) is 11.5. The fraction of sp³-hybridized carbons (Fsp3) is 0.176. The van der Waals surface area contributed by atoms with E-state index in [0.717, 1.165) is 11.3 Å². The molecule has 0 saturated carbocycles. The summed E-state index contributed by atoms with van der Waals surface area (Å²) in [6.07, 6.45) is 2.06. The molecule has 20 heavy (non-hydrogen) atoms. The predicted octanol–water partition coefficient (Wildman–Crippen LogP) is 3.27. The zero-order chi connectivity index (χ0) is 13.9. The molecular weight excluding hydrogens is 248 g/mol. The van der Waals surface area contributed by atoms with Crippen LogP contribution in [0.1, 0.15) is 17.0 Å². The van der Waals surface area contributed by atoms with Crippen molar-refractivity contribution in [3.63, 3.8) is 0 Å². The van der Waals surface area contributed by atoms with E-state index >= 15 is 0 Å². The highest BCUT2D eigenvalue weighted by molar-refractivity contribution is 5.84. The van der Waals surface area contributed by atoms with Gasteiger partial charge in [0.05, 0.1) is 7.11 Å². The van der Waals surface area contributed by atoms with Crippen molar-refractivity contribution in [1.29, 1.82) is 0 Å². The molecule has 0 amide bonds. The first-order valence-corrected chi connectivity index (χ1v) is 6.73. The molecule has 0 aliphatic rings. The number of H-pyrrole nitrogens is 1. The lowest BCUT2D eigenvalue weighted by molar-refractivity contribution is 0.414. The quantitative estimate of drug-likeness (QED) is 0.761. The van der Waals surface area contributed by atoms with Crippen molar-refractivity contribution in [3.05, 3.63) is 65.9 Å². The van der Waals surface area contributed by atoms with Crippen LogP contribution in [0, 0.1) is 0 Å². The molecular formula is C17H18N2O. The predicted molar refractivity (Wildman–Crippen MR) is 82.2 cm³/mol. The molecule has 1 atom stereocenters. The smallest absolute Gasteiger partial charge is 0.118 e. The first kappa shape index (κ1) is 12.8. The van der Waals surface area contributed by atoms with E-state index in [4.69, 9.17) is 10.5 Å². The molecule has 102 valence electrons. The van der Waals surface area contributed by atoms with Gasteiger partial charge in [-0.05, 0) is 29.3 Å². The number of hydrogen-bond donors (Lipinski definition) is 2. The third-order valence-electron chi connectivity index (χ3n) is 3.75. The second-order valence-corrected chi connectivity index (χ2v) is 4.85. The first-order valence-electron chi connectivity index (χ1n) is 6.73. The maximum atomic E-state index is 6.01. The molecule has 2 aromatic carbocycles. The van der Waals surface area contributed by atoms with Gasteiger partial charge in [0.1, 0.15) is 5.75 Å². The van der Waals surface area contributed by atoms with Gasteiger partial charge in [-0.25, -0.2) is 0 Å². The van der Waals surface area contributed by atoms with Crippen LogP contribution in [0.2, 0.25) is 0 Å². The van der Waals surface area contributed by atoms with Gasteiger partial charge in [0.15, 0.2) is 0 Å². The molecule has 3 N–H and O–H groups in total. The van der Waals surface area contributed by atoms with Gasteiger partial charge in [-0.1, -0.05) is 30.3 Å². The summed E-state index contributed by atoms with van der Waals surface area (Å²) in [5.41, 5.74) is 9.61. The number of nitrogens with two attached hydrogens (primary N) is 1. The number of para-hydroxylation sites is 1. The van der Waals surface area contributed by atoms with Gasteiger partial charge in [-0.15, -0.1) is 0 Å². The van der Waals surface area contributed by atoms with Crippen molar-refractivity contribution < 1.29 is 4.74 Å². The van der Waals surface area contributed by atoms with E-state index in [1.54, 1.807) is 7.11 Å². The van der Waals surface area contributed by atoms with E-state index in [1.807, 2.05) is 18.2 Å². The highest BCUT2D eigenvalue weighted by Gasteiger charge is 2.16. The summed E-state index contributed by atoms with van der Waals surface area (Å²) >= 11 is 0. The van der Waals surface area contributed by atoms with Crippen molar-refractivity contribution in [2.24, 2.45) is 5.73 Å². The maximum Gasteiger partial charge on any atom is 0.118 e. The van der Waals surface area contributed by atoms with Crippen molar-refractivity contribution >= 4 is 10.9 Å². The summed E-state index contributed by atoms with van der Waals surface area (Å²) in [6, 6.07) is 16.4. The lowest BCUT2D eigenvalue weighted by atomic mass is 9.91. The Balaban J connectivity index is 2.04. The number of hydrogen-bond acceptors (Lipinski definition) is 2. The largest absolute Gasteiger partial charge is 0.497 e. The second-order valence-electron chi connectivity index (χ2n) is 4.85. The Morgan fingerprint density at radius 3 is 2.55 bits per heavy atom. The number of nitrogens with one attached hydrogen (secondary N) is 1. The number of ether oxygens (including phenoxy) is 1. The van der Waals surface area contributed by atoms with E-state index in [0.29, 0.717) is 6.54 Å². The Morgan fingerprint density at radius 2 is 1.85 bits per heavy atom. The number of methoxy groups -OCH3 is 1. The molecule has 0 saturated heterocycles. The highest BCUT2D eigenvalue weighted by Crippen LogP contribution is 2.30. The molecule has 0 aliphatic heterocycles. The van der Waals surface area contributed by atoms with Crippen LogP contribution in [-0.4, -0.2) is 18.6 Å². The third kappa shape index (κ3) is 2.17. The van der Waals surface area contributed by atoms with E-state index < -0.39 is 0 Å². The summed E-state index contributed by atoms with van der Waals surface area (Å²) in [7, 11) is 1.68. The summed E-state index contributed by atoms with van der Waals surface area (Å²) in [4.78, 5) is 3.32. The second kappa shape index (κ2) is 5.39. The van der Waals surface area contributed by atoms with Crippen LogP contribution in [-0.2, 0) is 0 Å². The van der Waals surface area contributed by atoms with Crippen molar-refractivity contribution in [2.45, 2.75) is 5.92 Å². The van der Waals surface area contributed by atoms with Gasteiger partial charge in [-0.3, -0.25) is 0 Å². The van der Waals surface area contributed by atoms with Crippen molar-refractivity contribution in [1.82, 2.24) is 4.98 Å². The molecule has 0 unspecified atom stereocenters. The Kier molecular flexibility index (Phi) is 3.44. The highest BCUT2D eigenvalue weighted by atomic mass is 16.5. The van der Waals surface area contributed by atoms with Crippen LogP contribution in [0.15, 0.2) is 54.7 Å². The molecule has 0 bridgehead atoms. The monoisotopic (exact) mass is 266 g/mol. The minimum Gasteiger partial charge on any atom is -0.497 e. The summed E-state index contributed by atoms with van der Waals surface area (Å²) in [5.74, 6) is 1.06. The van der Waals surface area contributed by atoms with Crippen LogP contribution in [0.25, 0.3) is 10.9 Å². The zero-order valence-corrected chi connectivity index (χ0v) is 11.5. The van der Waals surface area contributed by atoms with Crippen molar-refractivity contribution in [3.8, 4) is 5.75 Å². The van der Waals surface area contributed by atoms with Crippen LogP contribution in [0.5, 0.6) is 5.75 Å². The Morgan fingerprint density at radius 1 is 1.10 bits per heavy atom. The minimum absolute atomic E-state index is 0.192. The van der Waals surface area contributed by atoms with E-state index in [-0.39, 0.29) is 5.92 Å². The number of aromatic nitrogens is 1. The van der Waals surface area contributed by atoms with Gasteiger partial charge in [0, 0.05) is 29.6 Å². The average molecular weight is 266 g/mol. The topological polar surface area (TPSA) is 51.0 Å². The molecule has 0 fully saturated rings. The fourth-order valence-corrected chi connectivity index (χ4v) is 2.66. The molecule has 0 aliphatic carbocycles. The SMILES string of the molecule is COc1ccc([C@@H](CN)c2c[nH]c3ccccc23)cc1. The Labute approximate surface area is 118 Å². The number of fused-ring (bicyclic) bond motifs is 1. The van der Waals surface area contributed by atoms with Gasteiger partial charge >= 0.3 is 0 Å². The molecule has 1 heterocycles. The molecule has 3 rings (SSSR count). The van der Waals surface area contributed by atoms with Crippen molar-refractivity contribution in [2.75, 3.05) is 13.7 Å². The molecule has 0 radical (unpaired) electrons. The third-order valence-corrected chi connectivity index (χ3v) is 3.75. The lowest BCUT2D eigenvalue weighted by Gasteiger charge is -2.15. The van der Waals surface area contributed by atoms with Gasteiger partial charge in [0.25, 0.3) is 0 Å². The first-order chi connectivity index (χ1) is 9.83. The van der Waals surface area contributed by atoms with Gasteiger partial charge in [0.2, 0.25) is 0 Å². The standard InChI is InChI=1S/C17H18N2O/c1-20-13-8-6-12(7-9-13)15(10-18)16-11-19-17-5-3-2-4-14(16)17/h2-9,11,15,19H,10,18H2,1H3/t15-/m1/s1. The molecule has 0 spiro atoms. The van der Waals surface area contributed by atoms with Crippen LogP contribution in [0.4, 0.5) is 0 Å². The summed E-state index contributed by atoms with van der Waals surface area (Å²) in [6.45, 7) is 0.578. The number of benzene rings is 2. The van der Waals surface area contributed by atoms with E-state index in [2.05, 4.69) is 41.5 Å². The van der Waals surface area contributed by atoms with E-state index in [1.165, 1.54) is 16.5 Å². The number of rotatable bonds is 4. The minimum atomic E-state index is 0.192. The Bertz CT molecular complexity index is 700. The number of aromatic amines is 1.